The summed E-state index contributed by atoms with van der Waals surface area (Å²) in [6, 6.07) is 7.66. The minimum absolute atomic E-state index is 0.329. The van der Waals surface area contributed by atoms with Crippen LogP contribution in [-0.2, 0) is 17.6 Å². The van der Waals surface area contributed by atoms with Crippen molar-refractivity contribution in [2.24, 2.45) is 0 Å². The summed E-state index contributed by atoms with van der Waals surface area (Å²) in [5.41, 5.74) is 4.34. The largest absolute Gasteiger partial charge is 0.456 e. The second-order valence-corrected chi connectivity index (χ2v) is 7.80. The van der Waals surface area contributed by atoms with Crippen molar-refractivity contribution >= 4 is 16.9 Å². The van der Waals surface area contributed by atoms with Crippen LogP contribution in [0.4, 0.5) is 0 Å². The zero-order valence-electron chi connectivity index (χ0n) is 15.5. The van der Waals surface area contributed by atoms with Crippen LogP contribution in [0.3, 0.4) is 0 Å². The third kappa shape index (κ3) is 3.09. The average Bonchev–Trinajstić information content (AvgIpc) is 3.03. The van der Waals surface area contributed by atoms with E-state index in [1.807, 2.05) is 49.8 Å². The van der Waals surface area contributed by atoms with Gasteiger partial charge in [0, 0.05) is 17.3 Å². The fraction of sp³-hybridized carbons (Fsp3) is 0.381. The Kier molecular flexibility index (Phi) is 4.02. The van der Waals surface area contributed by atoms with E-state index in [0.29, 0.717) is 5.56 Å². The molecular formula is C21H23N3O2. The van der Waals surface area contributed by atoms with Crippen LogP contribution in [0, 0.1) is 0 Å². The first-order chi connectivity index (χ1) is 12.4. The van der Waals surface area contributed by atoms with Crippen LogP contribution in [0.1, 0.15) is 55.2 Å². The summed E-state index contributed by atoms with van der Waals surface area (Å²) in [5.74, 6) is -0.329. The number of esters is 1. The van der Waals surface area contributed by atoms with Crippen molar-refractivity contribution in [3.8, 4) is 5.69 Å². The highest BCUT2D eigenvalue weighted by atomic mass is 16.6. The number of carbonyl (C=O) groups is 1. The number of aryl methyl sites for hydroxylation is 1. The van der Waals surface area contributed by atoms with Crippen LogP contribution < -0.4 is 0 Å². The molecule has 5 heteroatoms. The minimum Gasteiger partial charge on any atom is -0.456 e. The van der Waals surface area contributed by atoms with Crippen molar-refractivity contribution in [2.75, 3.05) is 0 Å². The summed E-state index contributed by atoms with van der Waals surface area (Å²) in [4.78, 5) is 17.0. The van der Waals surface area contributed by atoms with Crippen LogP contribution in [-0.4, -0.2) is 26.3 Å². The Bertz CT molecular complexity index is 983. The van der Waals surface area contributed by atoms with Gasteiger partial charge in [0.25, 0.3) is 0 Å². The highest BCUT2D eigenvalue weighted by Crippen LogP contribution is 2.27. The van der Waals surface area contributed by atoms with Gasteiger partial charge in [0.1, 0.15) is 5.60 Å². The molecule has 0 saturated heterocycles. The Balaban J connectivity index is 1.81. The highest BCUT2D eigenvalue weighted by molar-refractivity contribution is 6.03. The summed E-state index contributed by atoms with van der Waals surface area (Å²) >= 11 is 0. The van der Waals surface area contributed by atoms with Gasteiger partial charge in [0.2, 0.25) is 0 Å². The molecule has 0 aliphatic heterocycles. The number of nitrogens with zero attached hydrogens (tertiary/aromatic N) is 3. The Labute approximate surface area is 153 Å². The van der Waals surface area contributed by atoms with E-state index in [1.165, 1.54) is 24.1 Å². The van der Waals surface area contributed by atoms with Gasteiger partial charge in [0.15, 0.2) is 0 Å². The number of carbonyl (C=O) groups excluding carboxylic acids is 1. The first-order valence-corrected chi connectivity index (χ1v) is 9.11. The molecule has 0 saturated carbocycles. The van der Waals surface area contributed by atoms with Gasteiger partial charge in [0.05, 0.1) is 23.0 Å². The van der Waals surface area contributed by atoms with Gasteiger partial charge >= 0.3 is 5.97 Å². The predicted octanol–water partition coefficient (Wildman–Crippen LogP) is 4.25. The first-order valence-electron chi connectivity index (χ1n) is 9.11. The van der Waals surface area contributed by atoms with Crippen molar-refractivity contribution in [1.82, 2.24) is 14.8 Å². The molecule has 0 radical (unpaired) electrons. The smallest absolute Gasteiger partial charge is 0.339 e. The topological polar surface area (TPSA) is 57.0 Å². The molecule has 0 unspecified atom stereocenters. The zero-order chi connectivity index (χ0) is 18.3. The third-order valence-electron chi connectivity index (χ3n) is 4.65. The predicted molar refractivity (Wildman–Crippen MR) is 101 cm³/mol. The summed E-state index contributed by atoms with van der Waals surface area (Å²) in [5, 5.41) is 5.38. The van der Waals surface area contributed by atoms with Crippen molar-refractivity contribution in [3.05, 3.63) is 53.5 Å². The second-order valence-electron chi connectivity index (χ2n) is 7.80. The van der Waals surface area contributed by atoms with E-state index >= 15 is 0 Å². The molecule has 0 spiro atoms. The molecule has 2 heterocycles. The van der Waals surface area contributed by atoms with Crippen molar-refractivity contribution in [1.29, 1.82) is 0 Å². The zero-order valence-corrected chi connectivity index (χ0v) is 15.5. The van der Waals surface area contributed by atoms with Gasteiger partial charge in [-0.05, 0) is 76.3 Å². The molecule has 3 aromatic rings. The monoisotopic (exact) mass is 349 g/mol. The number of benzene rings is 1. The van der Waals surface area contributed by atoms with Crippen LogP contribution in [0.5, 0.6) is 0 Å². The summed E-state index contributed by atoms with van der Waals surface area (Å²) in [6.45, 7) is 5.61. The number of hydrogen-bond donors (Lipinski definition) is 0. The summed E-state index contributed by atoms with van der Waals surface area (Å²) in [7, 11) is 0. The second kappa shape index (κ2) is 6.24. The van der Waals surface area contributed by atoms with Crippen LogP contribution in [0.15, 0.2) is 36.7 Å². The Morgan fingerprint density at radius 1 is 1.15 bits per heavy atom. The Morgan fingerprint density at radius 2 is 1.96 bits per heavy atom. The SMILES string of the molecule is CC(C)(C)OC(=O)c1ccnc2ccc(-n3ncc4c3CCCC4)cc12. The van der Waals surface area contributed by atoms with Crippen LogP contribution in [0.25, 0.3) is 16.6 Å². The number of ether oxygens (including phenoxy) is 1. The van der Waals surface area contributed by atoms with Crippen molar-refractivity contribution in [2.45, 2.75) is 52.1 Å². The molecule has 0 bridgehead atoms. The highest BCUT2D eigenvalue weighted by Gasteiger charge is 2.21. The molecule has 1 aliphatic carbocycles. The molecule has 0 fully saturated rings. The van der Waals surface area contributed by atoms with Crippen LogP contribution >= 0.6 is 0 Å². The van der Waals surface area contributed by atoms with E-state index in [0.717, 1.165) is 29.4 Å². The van der Waals surface area contributed by atoms with E-state index < -0.39 is 5.60 Å². The molecule has 1 aromatic carbocycles. The fourth-order valence-electron chi connectivity index (χ4n) is 3.49. The fourth-order valence-corrected chi connectivity index (χ4v) is 3.49. The third-order valence-corrected chi connectivity index (χ3v) is 4.65. The van der Waals surface area contributed by atoms with E-state index in [-0.39, 0.29) is 5.97 Å². The summed E-state index contributed by atoms with van der Waals surface area (Å²) in [6.07, 6.45) is 8.17. The number of fused-ring (bicyclic) bond motifs is 2. The molecule has 2 aromatic heterocycles. The molecule has 26 heavy (non-hydrogen) atoms. The average molecular weight is 349 g/mol. The van der Waals surface area contributed by atoms with Crippen molar-refractivity contribution in [3.63, 3.8) is 0 Å². The first kappa shape index (κ1) is 16.8. The van der Waals surface area contributed by atoms with E-state index in [4.69, 9.17) is 4.74 Å². The Hall–Kier alpha value is -2.69. The molecule has 5 nitrogen and oxygen atoms in total. The van der Waals surface area contributed by atoms with Gasteiger partial charge in [-0.2, -0.15) is 5.10 Å². The number of aromatic nitrogens is 3. The van der Waals surface area contributed by atoms with Gasteiger partial charge < -0.3 is 4.74 Å². The van der Waals surface area contributed by atoms with Gasteiger partial charge in [-0.25, -0.2) is 9.48 Å². The molecular weight excluding hydrogens is 326 g/mol. The van der Waals surface area contributed by atoms with E-state index in [9.17, 15) is 4.79 Å². The lowest BCUT2D eigenvalue weighted by Gasteiger charge is -2.20. The maximum atomic E-state index is 12.6. The molecule has 0 atom stereocenters. The quantitative estimate of drug-likeness (QED) is 0.649. The van der Waals surface area contributed by atoms with Gasteiger partial charge in [-0.1, -0.05) is 0 Å². The number of rotatable bonds is 2. The van der Waals surface area contributed by atoms with Gasteiger partial charge in [-0.3, -0.25) is 4.98 Å². The van der Waals surface area contributed by atoms with E-state index in [1.54, 1.807) is 12.3 Å². The summed E-state index contributed by atoms with van der Waals surface area (Å²) < 4.78 is 7.56. The molecule has 0 amide bonds. The standard InChI is InChI=1S/C21H23N3O2/c1-21(2,3)26-20(25)16-10-11-22-18-9-8-15(12-17(16)18)24-19-7-5-4-6-14(19)13-23-24/h8-13H,4-7H2,1-3H3. The lowest BCUT2D eigenvalue weighted by molar-refractivity contribution is 0.00718. The lowest BCUT2D eigenvalue weighted by atomic mass is 9.98. The normalized spacial score (nSPS) is 14.3. The maximum absolute atomic E-state index is 12.6. The van der Waals surface area contributed by atoms with E-state index in [2.05, 4.69) is 10.1 Å². The van der Waals surface area contributed by atoms with Crippen LogP contribution in [0.2, 0.25) is 0 Å². The Morgan fingerprint density at radius 3 is 2.77 bits per heavy atom. The minimum atomic E-state index is -0.536. The molecule has 0 N–H and O–H groups in total. The molecule has 134 valence electrons. The molecule has 1 aliphatic rings. The maximum Gasteiger partial charge on any atom is 0.339 e. The molecule has 4 rings (SSSR count). The lowest BCUT2D eigenvalue weighted by Crippen LogP contribution is -2.24. The van der Waals surface area contributed by atoms with Crippen molar-refractivity contribution < 1.29 is 9.53 Å². The number of hydrogen-bond acceptors (Lipinski definition) is 4. The number of pyridine rings is 1. The van der Waals surface area contributed by atoms with Gasteiger partial charge in [-0.15, -0.1) is 0 Å².